The van der Waals surface area contributed by atoms with E-state index in [1.54, 1.807) is 24.3 Å². The summed E-state index contributed by atoms with van der Waals surface area (Å²) in [6.45, 7) is 2.36. The van der Waals surface area contributed by atoms with Crippen LogP contribution in [0.2, 0.25) is 5.02 Å². The molecule has 1 fully saturated rings. The lowest BCUT2D eigenvalue weighted by atomic mass is 10.1. The summed E-state index contributed by atoms with van der Waals surface area (Å²) in [5, 5.41) is 12.3. The fourth-order valence-corrected chi connectivity index (χ4v) is 2.99. The molecule has 0 aliphatic carbocycles. The summed E-state index contributed by atoms with van der Waals surface area (Å²) >= 11 is 6.05. The van der Waals surface area contributed by atoms with Crippen molar-refractivity contribution in [1.29, 1.82) is 5.26 Å². The number of amides is 1. The third-order valence-corrected chi connectivity index (χ3v) is 4.45. The lowest BCUT2D eigenvalue weighted by Crippen LogP contribution is -2.36. The quantitative estimate of drug-likeness (QED) is 0.619. The summed E-state index contributed by atoms with van der Waals surface area (Å²) in [4.78, 5) is 14.6. The van der Waals surface area contributed by atoms with Crippen LogP contribution in [-0.4, -0.2) is 32.2 Å². The first-order valence-electron chi connectivity index (χ1n) is 8.49. The average Bonchev–Trinajstić information content (AvgIpc) is 2.68. The predicted molar refractivity (Wildman–Crippen MR) is 103 cm³/mol. The van der Waals surface area contributed by atoms with Gasteiger partial charge in [-0.1, -0.05) is 17.7 Å². The fraction of sp³-hybridized carbons (Fsp3) is 0.200. The molecule has 1 heterocycles. The van der Waals surface area contributed by atoms with Crippen molar-refractivity contribution in [2.24, 2.45) is 0 Å². The lowest BCUT2D eigenvalue weighted by molar-refractivity contribution is -0.112. The van der Waals surface area contributed by atoms with Gasteiger partial charge in [0.05, 0.1) is 24.6 Å². The molecule has 0 saturated carbocycles. The van der Waals surface area contributed by atoms with Crippen LogP contribution in [0, 0.1) is 23.0 Å². The van der Waals surface area contributed by atoms with Gasteiger partial charge in [-0.15, -0.1) is 0 Å². The van der Waals surface area contributed by atoms with Crippen LogP contribution < -0.4 is 10.2 Å². The Hall–Kier alpha value is -2.95. The molecule has 2 aromatic carbocycles. The van der Waals surface area contributed by atoms with Gasteiger partial charge in [0.1, 0.15) is 23.3 Å². The van der Waals surface area contributed by atoms with E-state index in [-0.39, 0.29) is 0 Å². The van der Waals surface area contributed by atoms with E-state index < -0.39 is 28.7 Å². The second-order valence-electron chi connectivity index (χ2n) is 6.02. The van der Waals surface area contributed by atoms with Gasteiger partial charge in [0.2, 0.25) is 0 Å². The van der Waals surface area contributed by atoms with E-state index in [0.29, 0.717) is 37.0 Å². The lowest BCUT2D eigenvalue weighted by Gasteiger charge is -2.30. The number of carbonyl (C=O) groups is 1. The monoisotopic (exact) mass is 403 g/mol. The molecule has 1 saturated heterocycles. The molecule has 0 spiro atoms. The molecule has 1 N–H and O–H groups in total. The number of benzene rings is 2. The highest BCUT2D eigenvalue weighted by Gasteiger charge is 2.19. The second kappa shape index (κ2) is 8.83. The minimum Gasteiger partial charge on any atom is -0.378 e. The molecule has 0 unspecified atom stereocenters. The molecule has 0 aromatic heterocycles. The summed E-state index contributed by atoms with van der Waals surface area (Å²) in [6, 6.07) is 10.0. The molecule has 2 aromatic rings. The van der Waals surface area contributed by atoms with Crippen LogP contribution in [0.4, 0.5) is 20.2 Å². The van der Waals surface area contributed by atoms with Gasteiger partial charge in [0.15, 0.2) is 0 Å². The third-order valence-electron chi connectivity index (χ3n) is 4.21. The second-order valence-corrected chi connectivity index (χ2v) is 6.46. The Bertz CT molecular complexity index is 946. The van der Waals surface area contributed by atoms with Gasteiger partial charge in [-0.3, -0.25) is 4.79 Å². The number of ether oxygens (including phenoxy) is 1. The molecular formula is C20H16ClF2N3O2. The van der Waals surface area contributed by atoms with Crippen molar-refractivity contribution in [3.8, 4) is 6.07 Å². The molecule has 0 bridgehead atoms. The first-order chi connectivity index (χ1) is 13.5. The molecule has 28 heavy (non-hydrogen) atoms. The van der Waals surface area contributed by atoms with Crippen LogP contribution in [0.1, 0.15) is 5.56 Å². The van der Waals surface area contributed by atoms with Gasteiger partial charge in [0.25, 0.3) is 5.91 Å². The average molecular weight is 404 g/mol. The van der Waals surface area contributed by atoms with Crippen molar-refractivity contribution in [1.82, 2.24) is 0 Å². The number of hydrogen-bond acceptors (Lipinski definition) is 4. The topological polar surface area (TPSA) is 65.4 Å². The third kappa shape index (κ3) is 4.47. The van der Waals surface area contributed by atoms with Crippen molar-refractivity contribution in [2.45, 2.75) is 0 Å². The Labute approximate surface area is 165 Å². The van der Waals surface area contributed by atoms with Gasteiger partial charge in [0, 0.05) is 23.7 Å². The Morgan fingerprint density at radius 1 is 1.21 bits per heavy atom. The maximum Gasteiger partial charge on any atom is 0.266 e. The highest BCUT2D eigenvalue weighted by molar-refractivity contribution is 6.31. The summed E-state index contributed by atoms with van der Waals surface area (Å²) in [5.74, 6) is -2.52. The van der Waals surface area contributed by atoms with Crippen LogP contribution in [-0.2, 0) is 9.53 Å². The van der Waals surface area contributed by atoms with E-state index in [9.17, 15) is 18.8 Å². The van der Waals surface area contributed by atoms with Crippen molar-refractivity contribution >= 4 is 35.0 Å². The number of rotatable bonds is 4. The summed E-state index contributed by atoms with van der Waals surface area (Å²) in [6.07, 6.45) is 0.888. The Kier molecular flexibility index (Phi) is 6.24. The number of nitrogens with one attached hydrogen (secondary N) is 1. The maximum absolute atomic E-state index is 13.8. The number of morpholine rings is 1. The predicted octanol–water partition coefficient (Wildman–Crippen LogP) is 4.00. The van der Waals surface area contributed by atoms with E-state index in [2.05, 4.69) is 5.32 Å². The van der Waals surface area contributed by atoms with Gasteiger partial charge in [-0.25, -0.2) is 8.78 Å². The number of nitrogens with zero attached hydrogens (tertiary/aromatic N) is 2. The molecule has 1 aliphatic rings. The fourth-order valence-electron chi connectivity index (χ4n) is 2.82. The Morgan fingerprint density at radius 3 is 2.54 bits per heavy atom. The van der Waals surface area contributed by atoms with Crippen molar-refractivity contribution in [3.05, 3.63) is 64.2 Å². The van der Waals surface area contributed by atoms with Gasteiger partial charge < -0.3 is 15.0 Å². The van der Waals surface area contributed by atoms with Gasteiger partial charge in [-0.05, 0) is 36.4 Å². The zero-order valence-corrected chi connectivity index (χ0v) is 15.5. The Morgan fingerprint density at radius 2 is 1.89 bits per heavy atom. The number of carbonyl (C=O) groups excluding carboxylic acids is 1. The molecule has 144 valence electrons. The molecule has 0 atom stereocenters. The molecule has 8 heteroatoms. The van der Waals surface area contributed by atoms with Crippen LogP contribution in [0.15, 0.2) is 42.0 Å². The van der Waals surface area contributed by atoms with Crippen LogP contribution in [0.5, 0.6) is 0 Å². The number of nitriles is 1. The van der Waals surface area contributed by atoms with E-state index in [1.165, 1.54) is 6.07 Å². The largest absolute Gasteiger partial charge is 0.378 e. The van der Waals surface area contributed by atoms with E-state index in [4.69, 9.17) is 16.3 Å². The van der Waals surface area contributed by atoms with Gasteiger partial charge in [-0.2, -0.15) is 5.26 Å². The molecule has 0 radical (unpaired) electrons. The SMILES string of the molecule is N#C/C(=C\c1c(F)cccc1F)C(=O)Nc1cc(Cl)ccc1N1CCOCC1. The molecule has 3 rings (SSSR count). The highest BCUT2D eigenvalue weighted by Crippen LogP contribution is 2.30. The Balaban J connectivity index is 1.90. The van der Waals surface area contributed by atoms with Crippen LogP contribution in [0.3, 0.4) is 0 Å². The van der Waals surface area contributed by atoms with Crippen LogP contribution >= 0.6 is 11.6 Å². The molecule has 1 aliphatic heterocycles. The van der Waals surface area contributed by atoms with E-state index in [0.717, 1.165) is 23.9 Å². The zero-order chi connectivity index (χ0) is 20.1. The van der Waals surface area contributed by atoms with Crippen molar-refractivity contribution in [3.63, 3.8) is 0 Å². The maximum atomic E-state index is 13.8. The van der Waals surface area contributed by atoms with Crippen molar-refractivity contribution < 1.29 is 18.3 Å². The molecule has 5 nitrogen and oxygen atoms in total. The number of halogens is 3. The summed E-state index contributed by atoms with van der Waals surface area (Å²) in [7, 11) is 0. The first-order valence-corrected chi connectivity index (χ1v) is 8.87. The first kappa shape index (κ1) is 19.8. The zero-order valence-electron chi connectivity index (χ0n) is 14.7. The number of anilines is 2. The van der Waals surface area contributed by atoms with E-state index in [1.807, 2.05) is 4.90 Å². The number of hydrogen-bond donors (Lipinski definition) is 1. The van der Waals surface area contributed by atoms with Crippen molar-refractivity contribution in [2.75, 3.05) is 36.5 Å². The highest BCUT2D eigenvalue weighted by atomic mass is 35.5. The molecule has 1 amide bonds. The minimum absolute atomic E-state index is 0.398. The minimum atomic E-state index is -0.864. The standard InChI is InChI=1S/C20H16ClF2N3O2/c21-14-4-5-19(26-6-8-28-9-7-26)18(11-14)25-20(27)13(12-24)10-15-16(22)2-1-3-17(15)23/h1-5,10-11H,6-9H2,(H,25,27)/b13-10+. The smallest absolute Gasteiger partial charge is 0.266 e. The normalized spacial score (nSPS) is 14.5. The molecular weight excluding hydrogens is 388 g/mol. The van der Waals surface area contributed by atoms with Gasteiger partial charge >= 0.3 is 0 Å². The summed E-state index contributed by atoms with van der Waals surface area (Å²) in [5.41, 5.74) is 0.232. The summed E-state index contributed by atoms with van der Waals surface area (Å²) < 4.78 is 33.0. The van der Waals surface area contributed by atoms with E-state index >= 15 is 0 Å². The van der Waals surface area contributed by atoms with Crippen LogP contribution in [0.25, 0.3) is 6.08 Å².